The Balaban J connectivity index is 1.90. The largest absolute Gasteiger partial charge is 0.508 e. The number of carbonyl (C=O) groups is 4. The number of phenols is 1. The fourth-order valence-corrected chi connectivity index (χ4v) is 4.80. The van der Waals surface area contributed by atoms with Gasteiger partial charge in [-0.05, 0) is 54.7 Å². The molecule has 5 atom stereocenters. The van der Waals surface area contributed by atoms with Crippen molar-refractivity contribution in [2.75, 3.05) is 12.0 Å². The maximum atomic E-state index is 13.7. The molecule has 226 valence electrons. The number of carbonyl (C=O) groups excluding carboxylic acids is 3. The highest BCUT2D eigenvalue weighted by Crippen LogP contribution is 2.20. The Hall–Kier alpha value is -4.07. The molecule has 0 fully saturated rings. The van der Waals surface area contributed by atoms with Gasteiger partial charge in [0, 0.05) is 29.9 Å². The number of rotatable bonds is 15. The van der Waals surface area contributed by atoms with Crippen LogP contribution in [0.5, 0.6) is 5.75 Å². The van der Waals surface area contributed by atoms with Gasteiger partial charge >= 0.3 is 5.97 Å². The van der Waals surface area contributed by atoms with Crippen LogP contribution in [0.4, 0.5) is 0 Å². The van der Waals surface area contributed by atoms with Crippen LogP contribution < -0.4 is 21.7 Å². The zero-order valence-electron chi connectivity index (χ0n) is 23.4. The van der Waals surface area contributed by atoms with Crippen molar-refractivity contribution < 1.29 is 34.5 Å². The highest BCUT2D eigenvalue weighted by atomic mass is 32.2. The first-order valence-electron chi connectivity index (χ1n) is 13.4. The normalized spacial score (nSPS) is 14.8. The lowest BCUT2D eigenvalue weighted by Gasteiger charge is -2.26. The van der Waals surface area contributed by atoms with Gasteiger partial charge in [-0.15, -0.1) is 0 Å². The number of nitrogens with one attached hydrogen (secondary N) is 4. The van der Waals surface area contributed by atoms with Crippen LogP contribution in [0.25, 0.3) is 10.9 Å². The van der Waals surface area contributed by atoms with Gasteiger partial charge in [-0.25, -0.2) is 4.79 Å². The molecule has 0 bridgehead atoms. The molecule has 0 saturated carbocycles. The summed E-state index contributed by atoms with van der Waals surface area (Å²) < 4.78 is 0. The summed E-state index contributed by atoms with van der Waals surface area (Å²) in [6.07, 6.45) is 2.56. The third-order valence-electron chi connectivity index (χ3n) is 6.79. The van der Waals surface area contributed by atoms with E-state index in [0.29, 0.717) is 11.3 Å². The van der Waals surface area contributed by atoms with Gasteiger partial charge < -0.3 is 42.0 Å². The molecule has 42 heavy (non-hydrogen) atoms. The molecule has 1 aromatic heterocycles. The molecule has 0 aliphatic carbocycles. The Bertz CT molecular complexity index is 1380. The number of nitrogens with two attached hydrogens (primary N) is 1. The van der Waals surface area contributed by atoms with E-state index >= 15 is 0 Å². The lowest BCUT2D eigenvalue weighted by Crippen LogP contribution is -2.59. The van der Waals surface area contributed by atoms with Gasteiger partial charge in [0.25, 0.3) is 0 Å². The minimum atomic E-state index is -1.31. The molecular weight excluding hydrogens is 562 g/mol. The second-order valence-corrected chi connectivity index (χ2v) is 11.0. The molecule has 13 heteroatoms. The van der Waals surface area contributed by atoms with Crippen molar-refractivity contribution in [3.63, 3.8) is 0 Å². The molecule has 3 rings (SSSR count). The van der Waals surface area contributed by atoms with E-state index in [1.54, 1.807) is 18.3 Å². The summed E-state index contributed by atoms with van der Waals surface area (Å²) in [5.74, 6) is -2.86. The number of aliphatic carboxylic acids is 1. The van der Waals surface area contributed by atoms with Crippen molar-refractivity contribution in [2.45, 2.75) is 56.5 Å². The smallest absolute Gasteiger partial charge is 0.326 e. The third kappa shape index (κ3) is 8.96. The van der Waals surface area contributed by atoms with Crippen LogP contribution in [-0.2, 0) is 32.0 Å². The van der Waals surface area contributed by atoms with Crippen molar-refractivity contribution in [2.24, 2.45) is 5.73 Å². The number of fused-ring (bicyclic) bond motifs is 1. The molecule has 3 amide bonds. The van der Waals surface area contributed by atoms with Crippen molar-refractivity contribution in [1.82, 2.24) is 20.9 Å². The van der Waals surface area contributed by atoms with E-state index in [9.17, 15) is 34.5 Å². The molecule has 2 aromatic carbocycles. The maximum absolute atomic E-state index is 13.7. The summed E-state index contributed by atoms with van der Waals surface area (Å²) in [7, 11) is 0. The Labute approximate surface area is 247 Å². The lowest BCUT2D eigenvalue weighted by atomic mass is 10.0. The molecule has 1 heterocycles. The van der Waals surface area contributed by atoms with E-state index in [0.717, 1.165) is 16.5 Å². The quantitative estimate of drug-likeness (QED) is 0.123. The van der Waals surface area contributed by atoms with Gasteiger partial charge in [0.15, 0.2) is 0 Å². The van der Waals surface area contributed by atoms with E-state index in [1.165, 1.54) is 30.8 Å². The van der Waals surface area contributed by atoms with Crippen molar-refractivity contribution >= 4 is 46.4 Å². The lowest BCUT2D eigenvalue weighted by molar-refractivity contribution is -0.142. The number of para-hydroxylation sites is 1. The minimum Gasteiger partial charge on any atom is -0.508 e. The summed E-state index contributed by atoms with van der Waals surface area (Å²) in [6, 6.07) is 8.56. The van der Waals surface area contributed by atoms with Gasteiger partial charge in [0.1, 0.15) is 29.9 Å². The molecule has 0 spiro atoms. The Morgan fingerprint density at radius 3 is 2.12 bits per heavy atom. The highest BCUT2D eigenvalue weighted by molar-refractivity contribution is 7.98. The maximum Gasteiger partial charge on any atom is 0.326 e. The first kappa shape index (κ1) is 32.4. The number of carboxylic acids is 1. The van der Waals surface area contributed by atoms with E-state index < -0.39 is 54.0 Å². The summed E-state index contributed by atoms with van der Waals surface area (Å²) >= 11 is 1.44. The van der Waals surface area contributed by atoms with E-state index in [-0.39, 0.29) is 25.0 Å². The fourth-order valence-electron chi connectivity index (χ4n) is 4.33. The van der Waals surface area contributed by atoms with E-state index in [2.05, 4.69) is 20.9 Å². The molecular formula is C29H37N5O7S. The Morgan fingerprint density at radius 1 is 0.905 bits per heavy atom. The molecule has 0 aliphatic rings. The predicted octanol–water partition coefficient (Wildman–Crippen LogP) is 0.659. The monoisotopic (exact) mass is 599 g/mol. The number of carboxylic acid groups (broad SMARTS) is 1. The SMILES string of the molecule is CSCCC(NC(=O)C(Cc1c[nH]c2ccccc12)NC(=O)C(Cc1ccc(O)cc1)NC(=O)C(N)C(C)O)C(=O)O. The predicted molar refractivity (Wildman–Crippen MR) is 160 cm³/mol. The number of hydrogen-bond acceptors (Lipinski definition) is 8. The van der Waals surface area contributed by atoms with Gasteiger partial charge in [-0.3, -0.25) is 14.4 Å². The molecule has 0 saturated heterocycles. The van der Waals surface area contributed by atoms with Crippen LogP contribution >= 0.6 is 11.8 Å². The Morgan fingerprint density at radius 2 is 1.50 bits per heavy atom. The van der Waals surface area contributed by atoms with Crippen LogP contribution in [0.1, 0.15) is 24.5 Å². The van der Waals surface area contributed by atoms with Crippen molar-refractivity contribution in [1.29, 1.82) is 0 Å². The zero-order chi connectivity index (χ0) is 30.8. The fraction of sp³-hybridized carbons (Fsp3) is 0.379. The number of aromatic nitrogens is 1. The van der Waals surface area contributed by atoms with Gasteiger partial charge in [-0.2, -0.15) is 11.8 Å². The van der Waals surface area contributed by atoms with Crippen LogP contribution in [0.2, 0.25) is 0 Å². The van der Waals surface area contributed by atoms with E-state index in [4.69, 9.17) is 5.73 Å². The second kappa shape index (κ2) is 15.2. The number of aliphatic hydroxyl groups excluding tert-OH is 1. The van der Waals surface area contributed by atoms with Gasteiger partial charge in [0.05, 0.1) is 6.10 Å². The summed E-state index contributed by atoms with van der Waals surface area (Å²) in [4.78, 5) is 54.8. The van der Waals surface area contributed by atoms with Gasteiger partial charge in [-0.1, -0.05) is 30.3 Å². The average molecular weight is 600 g/mol. The summed E-state index contributed by atoms with van der Waals surface area (Å²) in [5, 5.41) is 37.7. The van der Waals surface area contributed by atoms with E-state index in [1.807, 2.05) is 30.5 Å². The molecule has 5 unspecified atom stereocenters. The number of aromatic amines is 1. The number of amides is 3. The minimum absolute atomic E-state index is 0.0166. The van der Waals surface area contributed by atoms with Crippen LogP contribution in [-0.4, -0.2) is 86.3 Å². The van der Waals surface area contributed by atoms with Crippen LogP contribution in [0, 0.1) is 0 Å². The second-order valence-electron chi connectivity index (χ2n) is 10.0. The van der Waals surface area contributed by atoms with Crippen molar-refractivity contribution in [3.8, 4) is 5.75 Å². The standard InChI is InChI=1S/C29H37N5O7S/c1-16(35)25(30)28(39)34-23(13-17-7-9-19(36)10-8-17)26(37)33-24(27(38)32-22(29(40)41)11-12-42-2)14-18-15-31-21-6-4-3-5-20(18)21/h3-10,15-16,22-25,31,35-36H,11-14,30H2,1-2H3,(H,32,38)(H,33,37)(H,34,39)(H,40,41). The highest BCUT2D eigenvalue weighted by Gasteiger charge is 2.31. The summed E-state index contributed by atoms with van der Waals surface area (Å²) in [5.41, 5.74) is 7.93. The molecule has 0 radical (unpaired) electrons. The molecule has 3 aromatic rings. The van der Waals surface area contributed by atoms with Gasteiger partial charge in [0.2, 0.25) is 17.7 Å². The average Bonchev–Trinajstić information content (AvgIpc) is 3.37. The number of aliphatic hydroxyl groups is 1. The third-order valence-corrected chi connectivity index (χ3v) is 7.43. The first-order valence-corrected chi connectivity index (χ1v) is 14.8. The van der Waals surface area contributed by atoms with Crippen LogP contribution in [0.3, 0.4) is 0 Å². The molecule has 0 aliphatic heterocycles. The number of H-pyrrole nitrogens is 1. The number of aromatic hydroxyl groups is 1. The van der Waals surface area contributed by atoms with Crippen molar-refractivity contribution in [3.05, 3.63) is 65.9 Å². The number of phenolic OH excluding ortho intramolecular Hbond substituents is 1. The van der Waals surface area contributed by atoms with Crippen LogP contribution in [0.15, 0.2) is 54.7 Å². The Kier molecular flexibility index (Phi) is 11.8. The zero-order valence-corrected chi connectivity index (χ0v) is 24.2. The first-order chi connectivity index (χ1) is 20.0. The molecule has 9 N–H and O–H groups in total. The topological polar surface area (TPSA) is 207 Å². The number of hydrogen-bond donors (Lipinski definition) is 8. The summed E-state index contributed by atoms with van der Waals surface area (Å²) in [6.45, 7) is 1.34. The number of benzene rings is 2. The molecule has 12 nitrogen and oxygen atoms in total. The number of thioether (sulfide) groups is 1.